The van der Waals surface area contributed by atoms with Crippen molar-refractivity contribution in [1.82, 2.24) is 5.01 Å². The number of aryl methyl sites for hydroxylation is 1. The third-order valence-corrected chi connectivity index (χ3v) is 7.25. The molecule has 2 fully saturated rings. The van der Waals surface area contributed by atoms with Crippen LogP contribution in [-0.2, 0) is 6.42 Å². The van der Waals surface area contributed by atoms with Crippen molar-refractivity contribution in [2.24, 2.45) is 22.4 Å². The van der Waals surface area contributed by atoms with Gasteiger partial charge in [0.1, 0.15) is 5.75 Å². The first kappa shape index (κ1) is 16.7. The lowest BCUT2D eigenvalue weighted by atomic mass is 9.55. The van der Waals surface area contributed by atoms with Crippen LogP contribution in [0.25, 0.3) is 0 Å². The van der Waals surface area contributed by atoms with Gasteiger partial charge in [-0.15, -0.1) is 0 Å². The molecule has 3 nitrogen and oxygen atoms in total. The molecule has 134 valence electrons. The van der Waals surface area contributed by atoms with E-state index in [2.05, 4.69) is 24.7 Å². The van der Waals surface area contributed by atoms with Crippen molar-refractivity contribution >= 4 is 6.21 Å². The summed E-state index contributed by atoms with van der Waals surface area (Å²) in [5.41, 5.74) is 5.52. The van der Waals surface area contributed by atoms with E-state index in [-0.39, 0.29) is 0 Å². The first-order valence-corrected chi connectivity index (χ1v) is 9.65. The number of rotatable bonds is 2. The van der Waals surface area contributed by atoms with Crippen LogP contribution in [0.3, 0.4) is 0 Å². The normalized spacial score (nSPS) is 33.9. The highest BCUT2D eigenvalue weighted by Gasteiger charge is 2.51. The van der Waals surface area contributed by atoms with E-state index in [0.717, 1.165) is 23.8 Å². The lowest BCUT2D eigenvalue weighted by Gasteiger charge is -2.49. The molecule has 0 heterocycles. The number of fused-ring (bicyclic) bond motifs is 5. The molecule has 0 aromatic heterocycles. The summed E-state index contributed by atoms with van der Waals surface area (Å²) >= 11 is 0. The van der Waals surface area contributed by atoms with Crippen LogP contribution in [0.2, 0.25) is 0 Å². The van der Waals surface area contributed by atoms with Crippen LogP contribution < -0.4 is 0 Å². The van der Waals surface area contributed by atoms with E-state index in [4.69, 9.17) is 0 Å². The second-order valence-electron chi connectivity index (χ2n) is 8.72. The van der Waals surface area contributed by atoms with Crippen molar-refractivity contribution in [3.8, 4) is 5.75 Å². The predicted molar refractivity (Wildman–Crippen MR) is 103 cm³/mol. The lowest BCUT2D eigenvalue weighted by Crippen LogP contribution is -2.40. The van der Waals surface area contributed by atoms with Crippen LogP contribution in [-0.4, -0.2) is 30.4 Å². The molecule has 3 aliphatic carbocycles. The number of aromatic hydroxyl groups is 1. The Hall–Kier alpha value is -1.77. The molecular weight excluding hydrogens is 308 g/mol. The summed E-state index contributed by atoms with van der Waals surface area (Å²) in [6, 6.07) is 4.20. The minimum Gasteiger partial charge on any atom is -0.507 e. The van der Waals surface area contributed by atoms with E-state index in [9.17, 15) is 5.11 Å². The van der Waals surface area contributed by atoms with Gasteiger partial charge in [0.05, 0.1) is 6.21 Å². The van der Waals surface area contributed by atoms with E-state index in [1.165, 1.54) is 48.8 Å². The Morgan fingerprint density at radius 2 is 2.04 bits per heavy atom. The summed E-state index contributed by atoms with van der Waals surface area (Å²) in [6.45, 7) is 6.87. The maximum absolute atomic E-state index is 10.4. The standard InChI is InChI=1S/C22H30N2O/c1-14-5-8-20-18-7-6-15-12-21(25)16(13-23-24(3)4)11-19(15)17(18)9-10-22(14,20)2/h11-13,17-18,20,25H,1,5-10H2,2-4H3/b23-13+/t17-,18+,20-,22+/m0/s1. The average molecular weight is 338 g/mol. The first-order valence-electron chi connectivity index (χ1n) is 9.65. The summed E-state index contributed by atoms with van der Waals surface area (Å²) in [5.74, 6) is 2.56. The highest BCUT2D eigenvalue weighted by Crippen LogP contribution is 2.62. The molecule has 0 bridgehead atoms. The summed E-state index contributed by atoms with van der Waals surface area (Å²) in [7, 11) is 3.80. The average Bonchev–Trinajstić information content (AvgIpc) is 2.88. The molecule has 0 spiro atoms. The van der Waals surface area contributed by atoms with Gasteiger partial charge in [0.25, 0.3) is 0 Å². The molecule has 3 heteroatoms. The number of phenolic OH excluding ortho intramolecular Hbond substituents is 1. The molecule has 2 saturated carbocycles. The van der Waals surface area contributed by atoms with Gasteiger partial charge in [-0.2, -0.15) is 5.10 Å². The Labute approximate surface area is 151 Å². The minimum atomic E-state index is 0.359. The molecule has 3 aliphatic rings. The van der Waals surface area contributed by atoms with Crippen LogP contribution in [0.4, 0.5) is 0 Å². The molecule has 0 saturated heterocycles. The first-order chi connectivity index (χ1) is 11.9. The number of hydrazone groups is 1. The second-order valence-corrected chi connectivity index (χ2v) is 8.72. The maximum Gasteiger partial charge on any atom is 0.124 e. The van der Waals surface area contributed by atoms with Crippen molar-refractivity contribution < 1.29 is 5.11 Å². The molecule has 1 aromatic carbocycles. The molecule has 1 aromatic rings. The van der Waals surface area contributed by atoms with Gasteiger partial charge in [-0.3, -0.25) is 0 Å². The lowest BCUT2D eigenvalue weighted by molar-refractivity contribution is 0.0816. The SMILES string of the molecule is C=C1CC[C@H]2[C@@H]3CCc4cc(O)c(/C=N/N(C)C)cc4[C@H]3CC[C@]12C. The van der Waals surface area contributed by atoms with Gasteiger partial charge < -0.3 is 10.1 Å². The predicted octanol–water partition coefficient (Wildman–Crippen LogP) is 4.70. The summed E-state index contributed by atoms with van der Waals surface area (Å²) < 4.78 is 0. The van der Waals surface area contributed by atoms with Crippen LogP contribution >= 0.6 is 0 Å². The Bertz CT molecular complexity index is 736. The van der Waals surface area contributed by atoms with E-state index >= 15 is 0 Å². The number of phenols is 1. The smallest absolute Gasteiger partial charge is 0.124 e. The second kappa shape index (κ2) is 5.89. The van der Waals surface area contributed by atoms with Crippen molar-refractivity contribution in [3.63, 3.8) is 0 Å². The van der Waals surface area contributed by atoms with Crippen LogP contribution in [0, 0.1) is 17.3 Å². The fourth-order valence-electron chi connectivity index (χ4n) is 5.81. The molecular formula is C22H30N2O. The minimum absolute atomic E-state index is 0.359. The highest BCUT2D eigenvalue weighted by atomic mass is 16.3. The molecule has 0 unspecified atom stereocenters. The van der Waals surface area contributed by atoms with E-state index in [1.54, 1.807) is 11.2 Å². The summed E-state index contributed by atoms with van der Waals surface area (Å²) in [6.07, 6.45) is 9.18. The fraction of sp³-hybridized carbons (Fsp3) is 0.591. The summed E-state index contributed by atoms with van der Waals surface area (Å²) in [5, 5.41) is 16.5. The third kappa shape index (κ3) is 2.59. The number of hydrogen-bond donors (Lipinski definition) is 1. The van der Waals surface area contributed by atoms with Crippen molar-refractivity contribution in [2.45, 2.75) is 51.4 Å². The zero-order valence-electron chi connectivity index (χ0n) is 15.8. The fourth-order valence-corrected chi connectivity index (χ4v) is 5.81. The van der Waals surface area contributed by atoms with Crippen LogP contribution in [0.15, 0.2) is 29.4 Å². The van der Waals surface area contributed by atoms with Gasteiger partial charge in [-0.1, -0.05) is 19.1 Å². The Morgan fingerprint density at radius 1 is 1.24 bits per heavy atom. The number of allylic oxidation sites excluding steroid dienone is 1. The molecule has 1 N–H and O–H groups in total. The van der Waals surface area contributed by atoms with Crippen LogP contribution in [0.1, 0.15) is 61.6 Å². The van der Waals surface area contributed by atoms with Crippen molar-refractivity contribution in [2.75, 3.05) is 14.1 Å². The van der Waals surface area contributed by atoms with Gasteiger partial charge in [-0.05, 0) is 85.0 Å². The maximum atomic E-state index is 10.4. The zero-order chi connectivity index (χ0) is 17.8. The third-order valence-electron chi connectivity index (χ3n) is 7.25. The van der Waals surface area contributed by atoms with E-state index in [0.29, 0.717) is 17.1 Å². The van der Waals surface area contributed by atoms with Gasteiger partial charge in [0, 0.05) is 19.7 Å². The topological polar surface area (TPSA) is 35.8 Å². The Kier molecular flexibility index (Phi) is 3.93. The highest BCUT2D eigenvalue weighted by molar-refractivity contribution is 5.84. The molecule has 0 radical (unpaired) electrons. The number of benzene rings is 1. The largest absolute Gasteiger partial charge is 0.507 e. The van der Waals surface area contributed by atoms with Crippen molar-refractivity contribution in [1.29, 1.82) is 0 Å². The van der Waals surface area contributed by atoms with Gasteiger partial charge in [-0.25, -0.2) is 0 Å². The monoisotopic (exact) mass is 338 g/mol. The van der Waals surface area contributed by atoms with Crippen LogP contribution in [0.5, 0.6) is 5.75 Å². The number of nitrogens with zero attached hydrogens (tertiary/aromatic N) is 2. The molecule has 0 amide bonds. The molecule has 4 rings (SSSR count). The zero-order valence-corrected chi connectivity index (χ0v) is 15.8. The van der Waals surface area contributed by atoms with E-state index in [1.807, 2.05) is 20.2 Å². The Morgan fingerprint density at radius 3 is 2.80 bits per heavy atom. The van der Waals surface area contributed by atoms with Crippen molar-refractivity contribution in [3.05, 3.63) is 41.0 Å². The molecule has 0 aliphatic heterocycles. The Balaban J connectivity index is 1.70. The van der Waals surface area contributed by atoms with Gasteiger partial charge in [0.2, 0.25) is 0 Å². The van der Waals surface area contributed by atoms with E-state index < -0.39 is 0 Å². The van der Waals surface area contributed by atoms with Gasteiger partial charge >= 0.3 is 0 Å². The quantitative estimate of drug-likeness (QED) is 0.482. The van der Waals surface area contributed by atoms with Gasteiger partial charge in [0.15, 0.2) is 0 Å². The molecule has 25 heavy (non-hydrogen) atoms. The summed E-state index contributed by atoms with van der Waals surface area (Å²) in [4.78, 5) is 0. The molecule has 4 atom stereocenters. The number of hydrogen-bond acceptors (Lipinski definition) is 3.